The number of allylic oxidation sites excluding steroid dienone is 4. The zero-order valence-electron chi connectivity index (χ0n) is 35.8. The lowest BCUT2D eigenvalue weighted by Crippen LogP contribution is -2.33. The molecule has 11 aromatic rings. The van der Waals surface area contributed by atoms with Gasteiger partial charge in [-0.25, -0.2) is 9.98 Å². The molecular formula is C61H40N4O. The van der Waals surface area contributed by atoms with E-state index < -0.39 is 0 Å². The molecule has 1 N–H and O–H groups in total. The molecule has 0 fully saturated rings. The first-order valence-electron chi connectivity index (χ1n) is 22.4. The van der Waals surface area contributed by atoms with Gasteiger partial charge in [0.1, 0.15) is 23.0 Å². The number of aromatic nitrogens is 1. The molecular weight excluding hydrogens is 805 g/mol. The van der Waals surface area contributed by atoms with Crippen molar-refractivity contribution in [2.24, 2.45) is 9.98 Å². The maximum atomic E-state index is 6.93. The molecule has 1 atom stereocenters. The molecule has 0 spiro atoms. The Morgan fingerprint density at radius 1 is 0.455 bits per heavy atom. The molecule has 1 unspecified atom stereocenters. The fraction of sp³-hybridized carbons (Fsp3) is 0.0164. The summed E-state index contributed by atoms with van der Waals surface area (Å²) in [5.74, 6) is 1.41. The van der Waals surface area contributed by atoms with Crippen molar-refractivity contribution in [1.29, 1.82) is 0 Å². The Bertz CT molecular complexity index is 3920. The molecule has 3 heterocycles. The SMILES string of the molecule is C1=C(n2c3cc(-c4ccccc4)ccc3c3ccc(-c4ccccc4)cc32)C=c2oc3cc(C4=NC(c5ccc6ccccc6c5)=NC(c5ccc6ccccc6c5)N4)ccc3/c2=C/C=C/1. The number of fused-ring (bicyclic) bond motifs is 8. The minimum absolute atomic E-state index is 0.355. The summed E-state index contributed by atoms with van der Waals surface area (Å²) in [6, 6.07) is 71.1. The van der Waals surface area contributed by atoms with E-state index in [-0.39, 0.29) is 6.17 Å². The van der Waals surface area contributed by atoms with Crippen LogP contribution in [-0.2, 0) is 0 Å². The van der Waals surface area contributed by atoms with Crippen LogP contribution < -0.4 is 16.0 Å². The summed E-state index contributed by atoms with van der Waals surface area (Å²) < 4.78 is 9.32. The monoisotopic (exact) mass is 844 g/mol. The molecule has 0 radical (unpaired) electrons. The Labute approximate surface area is 380 Å². The number of rotatable bonds is 6. The zero-order valence-corrected chi connectivity index (χ0v) is 35.8. The zero-order chi connectivity index (χ0) is 43.6. The highest BCUT2D eigenvalue weighted by Gasteiger charge is 2.23. The van der Waals surface area contributed by atoms with Gasteiger partial charge < -0.3 is 14.3 Å². The molecule has 5 nitrogen and oxygen atoms in total. The summed E-state index contributed by atoms with van der Waals surface area (Å²) >= 11 is 0. The quantitative estimate of drug-likeness (QED) is 0.181. The predicted octanol–water partition coefficient (Wildman–Crippen LogP) is 13.3. The summed E-state index contributed by atoms with van der Waals surface area (Å²) in [5, 5.41) is 12.8. The van der Waals surface area contributed by atoms with E-state index in [1.54, 1.807) is 0 Å². The molecule has 0 amide bonds. The smallest absolute Gasteiger partial charge is 0.159 e. The van der Waals surface area contributed by atoms with Crippen molar-refractivity contribution in [2.45, 2.75) is 6.17 Å². The Balaban J connectivity index is 0.952. The summed E-state index contributed by atoms with van der Waals surface area (Å²) in [6.07, 6.45) is 10.4. The van der Waals surface area contributed by atoms with Gasteiger partial charge in [-0.1, -0.05) is 182 Å². The molecule has 13 rings (SSSR count). The summed E-state index contributed by atoms with van der Waals surface area (Å²) in [5.41, 5.74) is 12.5. The first kappa shape index (κ1) is 37.7. The van der Waals surface area contributed by atoms with Crippen LogP contribution >= 0.6 is 0 Å². The molecule has 310 valence electrons. The summed E-state index contributed by atoms with van der Waals surface area (Å²) in [7, 11) is 0. The third-order valence-electron chi connectivity index (χ3n) is 13.0. The number of furan rings is 1. The van der Waals surface area contributed by atoms with E-state index in [2.05, 4.69) is 240 Å². The van der Waals surface area contributed by atoms with Crippen LogP contribution in [0.25, 0.3) is 94.4 Å². The molecule has 5 heteroatoms. The second-order valence-electron chi connectivity index (χ2n) is 17.0. The van der Waals surface area contributed by atoms with E-state index in [0.717, 1.165) is 66.2 Å². The van der Waals surface area contributed by atoms with Crippen molar-refractivity contribution < 1.29 is 4.42 Å². The number of hydrogen-bond acceptors (Lipinski definition) is 4. The van der Waals surface area contributed by atoms with Crippen LogP contribution in [0.4, 0.5) is 0 Å². The highest BCUT2D eigenvalue weighted by molar-refractivity contribution is 6.15. The molecule has 1 aliphatic carbocycles. The Hall–Kier alpha value is -8.80. The highest BCUT2D eigenvalue weighted by Crippen LogP contribution is 2.37. The molecule has 0 saturated heterocycles. The number of nitrogens with zero attached hydrogens (tertiary/aromatic N) is 3. The number of amidine groups is 2. The Kier molecular flexibility index (Phi) is 8.84. The highest BCUT2D eigenvalue weighted by atomic mass is 16.3. The van der Waals surface area contributed by atoms with Gasteiger partial charge in [0.25, 0.3) is 0 Å². The minimum Gasteiger partial charge on any atom is -0.456 e. The van der Waals surface area contributed by atoms with Gasteiger partial charge in [0.15, 0.2) is 5.84 Å². The number of benzene rings is 9. The predicted molar refractivity (Wildman–Crippen MR) is 275 cm³/mol. The summed E-state index contributed by atoms with van der Waals surface area (Å²) in [6.45, 7) is 0. The lowest BCUT2D eigenvalue weighted by Gasteiger charge is -2.24. The number of aliphatic imine (C=N–C) groups is 2. The third-order valence-corrected chi connectivity index (χ3v) is 13.0. The Morgan fingerprint density at radius 2 is 1.03 bits per heavy atom. The lowest BCUT2D eigenvalue weighted by molar-refractivity contribution is 0.575. The van der Waals surface area contributed by atoms with E-state index in [1.165, 1.54) is 49.2 Å². The van der Waals surface area contributed by atoms with E-state index >= 15 is 0 Å². The molecule has 2 aromatic heterocycles. The van der Waals surface area contributed by atoms with Crippen molar-refractivity contribution in [3.8, 4) is 22.3 Å². The van der Waals surface area contributed by atoms with Gasteiger partial charge >= 0.3 is 0 Å². The average molecular weight is 845 g/mol. The van der Waals surface area contributed by atoms with Crippen LogP contribution in [0, 0.1) is 0 Å². The van der Waals surface area contributed by atoms with Gasteiger partial charge in [-0.3, -0.25) is 0 Å². The third kappa shape index (κ3) is 6.56. The average Bonchev–Trinajstić information content (AvgIpc) is 3.89. The largest absolute Gasteiger partial charge is 0.456 e. The second-order valence-corrected chi connectivity index (χ2v) is 17.0. The van der Waals surface area contributed by atoms with Gasteiger partial charge in [-0.05, 0) is 91.8 Å². The first-order chi connectivity index (χ1) is 32.7. The van der Waals surface area contributed by atoms with Crippen molar-refractivity contribution in [3.05, 3.63) is 246 Å². The van der Waals surface area contributed by atoms with Crippen molar-refractivity contribution >= 4 is 83.8 Å². The van der Waals surface area contributed by atoms with Gasteiger partial charge in [0.2, 0.25) is 0 Å². The lowest BCUT2D eigenvalue weighted by atomic mass is 10.0. The van der Waals surface area contributed by atoms with E-state index in [0.29, 0.717) is 5.84 Å². The molecule has 2 aliphatic rings. The normalized spacial score (nSPS) is 15.8. The van der Waals surface area contributed by atoms with Crippen LogP contribution in [0.2, 0.25) is 0 Å². The molecule has 1 aliphatic heterocycles. The van der Waals surface area contributed by atoms with Gasteiger partial charge in [-0.15, -0.1) is 0 Å². The van der Waals surface area contributed by atoms with E-state index in [9.17, 15) is 0 Å². The summed E-state index contributed by atoms with van der Waals surface area (Å²) in [4.78, 5) is 10.5. The second kappa shape index (κ2) is 15.5. The topological polar surface area (TPSA) is 54.8 Å². The minimum atomic E-state index is -0.355. The van der Waals surface area contributed by atoms with Crippen molar-refractivity contribution in [2.75, 3.05) is 0 Å². The van der Waals surface area contributed by atoms with Crippen LogP contribution in [0.1, 0.15) is 22.9 Å². The fourth-order valence-electron chi connectivity index (χ4n) is 9.71. The standard InChI is InChI=1S/C61H40N4O/c1-3-13-39(14-4-1)45-27-30-51-52-31-28-46(40-15-5-2-6-16-40)36-56(52)65(55(51)35-45)50-21-11-12-22-53-54-32-29-49(37-57(54)66-58(53)38-50)61-63-59(47-25-23-41-17-7-9-19-43(41)33-47)62-60(64-61)48-26-24-42-18-8-10-20-44(42)34-48/h1-38,59H,(H,62,63,64)/b12-11+,21-11?,22-12?,50-21?,50-38?,53-22-,58-38?. The molecule has 0 saturated carbocycles. The van der Waals surface area contributed by atoms with E-state index in [1.807, 2.05) is 0 Å². The van der Waals surface area contributed by atoms with E-state index in [4.69, 9.17) is 14.4 Å². The van der Waals surface area contributed by atoms with Crippen LogP contribution in [0.15, 0.2) is 233 Å². The van der Waals surface area contributed by atoms with Gasteiger partial charge in [0.05, 0.1) is 11.0 Å². The first-order valence-corrected chi connectivity index (χ1v) is 22.4. The van der Waals surface area contributed by atoms with Crippen LogP contribution in [0.3, 0.4) is 0 Å². The maximum absolute atomic E-state index is 6.93. The van der Waals surface area contributed by atoms with Crippen molar-refractivity contribution in [3.63, 3.8) is 0 Å². The molecule has 0 bridgehead atoms. The number of hydrogen-bond donors (Lipinski definition) is 1. The van der Waals surface area contributed by atoms with Crippen LogP contribution in [0.5, 0.6) is 0 Å². The van der Waals surface area contributed by atoms with Gasteiger partial charge in [0, 0.05) is 44.3 Å². The maximum Gasteiger partial charge on any atom is 0.159 e. The van der Waals surface area contributed by atoms with Gasteiger partial charge in [-0.2, -0.15) is 0 Å². The fourth-order valence-corrected chi connectivity index (χ4v) is 9.71. The van der Waals surface area contributed by atoms with Crippen molar-refractivity contribution in [1.82, 2.24) is 9.88 Å². The molecule has 66 heavy (non-hydrogen) atoms. The molecule has 9 aromatic carbocycles. The Morgan fingerprint density at radius 3 is 1.73 bits per heavy atom. The van der Waals surface area contributed by atoms with Crippen LogP contribution in [-0.4, -0.2) is 16.2 Å². The number of nitrogens with one attached hydrogen (secondary N) is 1.